The van der Waals surface area contributed by atoms with Crippen LogP contribution in [0.4, 0.5) is 0 Å². The van der Waals surface area contributed by atoms with Crippen molar-refractivity contribution in [3.8, 4) is 0 Å². The second-order valence-electron chi connectivity index (χ2n) is 7.49. The molecule has 7 heteroatoms. The van der Waals surface area contributed by atoms with Gasteiger partial charge in [0.2, 0.25) is 0 Å². The maximum absolute atomic E-state index is 6.13. The van der Waals surface area contributed by atoms with Gasteiger partial charge in [0.15, 0.2) is 5.96 Å². The van der Waals surface area contributed by atoms with Crippen LogP contribution >= 0.6 is 35.6 Å². The Morgan fingerprint density at radius 1 is 1.20 bits per heavy atom. The van der Waals surface area contributed by atoms with Gasteiger partial charge in [0.05, 0.1) is 6.10 Å². The third-order valence-electron chi connectivity index (χ3n) is 5.17. The van der Waals surface area contributed by atoms with E-state index < -0.39 is 0 Å². The number of benzene rings is 1. The van der Waals surface area contributed by atoms with E-state index in [1.807, 2.05) is 18.3 Å². The van der Waals surface area contributed by atoms with Crippen LogP contribution in [0.3, 0.4) is 0 Å². The first-order valence-electron chi connectivity index (χ1n) is 10.5. The predicted octanol–water partition coefficient (Wildman–Crippen LogP) is 4.93. The lowest BCUT2D eigenvalue weighted by Gasteiger charge is -2.31. The van der Waals surface area contributed by atoms with Crippen LogP contribution in [0.15, 0.2) is 47.6 Å². The van der Waals surface area contributed by atoms with Crippen LogP contribution in [-0.2, 0) is 11.2 Å². The molecule has 0 amide bonds. The Morgan fingerprint density at radius 3 is 2.70 bits per heavy atom. The highest BCUT2D eigenvalue weighted by molar-refractivity contribution is 14.0. The van der Waals surface area contributed by atoms with Gasteiger partial charge in [0, 0.05) is 38.4 Å². The summed E-state index contributed by atoms with van der Waals surface area (Å²) in [5.74, 6) is 1.24. The van der Waals surface area contributed by atoms with Crippen molar-refractivity contribution >= 4 is 41.5 Å². The molecule has 30 heavy (non-hydrogen) atoms. The van der Waals surface area contributed by atoms with Crippen LogP contribution in [0.1, 0.15) is 42.6 Å². The Labute approximate surface area is 202 Å². The van der Waals surface area contributed by atoms with E-state index in [1.54, 1.807) is 0 Å². The second kappa shape index (κ2) is 13.1. The molecule has 0 radical (unpaired) electrons. The average molecular weight is 543 g/mol. The molecule has 164 valence electrons. The van der Waals surface area contributed by atoms with Crippen LogP contribution in [0.5, 0.6) is 0 Å². The van der Waals surface area contributed by atoms with E-state index in [0.29, 0.717) is 11.1 Å². The lowest BCUT2D eigenvalue weighted by Crippen LogP contribution is -2.39. The van der Waals surface area contributed by atoms with Crippen molar-refractivity contribution in [2.24, 2.45) is 10.9 Å². The normalized spacial score (nSPS) is 19.1. The third kappa shape index (κ3) is 7.71. The first kappa shape index (κ1) is 24.9. The molecule has 0 spiro atoms. The number of guanidine groups is 1. The predicted molar refractivity (Wildman–Crippen MR) is 135 cm³/mol. The molecule has 2 N–H and O–H groups in total. The SMILES string of the molecule is CCNC(=NCC1CCCOC1c1ccc(C)cc1)NCCc1ccc(Cl)nc1.I. The van der Waals surface area contributed by atoms with Gasteiger partial charge in [-0.3, -0.25) is 4.99 Å². The molecule has 1 aromatic heterocycles. The minimum absolute atomic E-state index is 0. The highest BCUT2D eigenvalue weighted by Gasteiger charge is 2.27. The van der Waals surface area contributed by atoms with Gasteiger partial charge in [-0.2, -0.15) is 0 Å². The van der Waals surface area contributed by atoms with Gasteiger partial charge in [-0.1, -0.05) is 47.5 Å². The maximum Gasteiger partial charge on any atom is 0.191 e. The fourth-order valence-electron chi connectivity index (χ4n) is 3.58. The molecular weight excluding hydrogens is 511 g/mol. The number of pyridine rings is 1. The van der Waals surface area contributed by atoms with Crippen LogP contribution < -0.4 is 10.6 Å². The van der Waals surface area contributed by atoms with E-state index >= 15 is 0 Å². The molecule has 0 bridgehead atoms. The van der Waals surface area contributed by atoms with E-state index in [-0.39, 0.29) is 30.1 Å². The zero-order chi connectivity index (χ0) is 20.5. The highest BCUT2D eigenvalue weighted by atomic mass is 127. The number of halogens is 2. The van der Waals surface area contributed by atoms with Crippen LogP contribution in [0.25, 0.3) is 0 Å². The van der Waals surface area contributed by atoms with Crippen LogP contribution in [-0.4, -0.2) is 37.2 Å². The van der Waals surface area contributed by atoms with Gasteiger partial charge in [-0.25, -0.2) is 4.98 Å². The number of aliphatic imine (C=N–C) groups is 1. The first-order valence-corrected chi connectivity index (χ1v) is 10.8. The molecule has 1 aliphatic rings. The fourth-order valence-corrected chi connectivity index (χ4v) is 3.70. The number of aromatic nitrogens is 1. The molecule has 0 aliphatic carbocycles. The number of rotatable bonds is 7. The Kier molecular flexibility index (Phi) is 10.9. The molecule has 3 rings (SSSR count). The van der Waals surface area contributed by atoms with Gasteiger partial charge in [-0.15, -0.1) is 24.0 Å². The second-order valence-corrected chi connectivity index (χ2v) is 7.88. The van der Waals surface area contributed by atoms with Crippen molar-refractivity contribution in [2.45, 2.75) is 39.2 Å². The zero-order valence-corrected chi connectivity index (χ0v) is 20.8. The minimum Gasteiger partial charge on any atom is -0.373 e. The Bertz CT molecular complexity index is 783. The maximum atomic E-state index is 6.13. The fraction of sp³-hybridized carbons (Fsp3) is 0.478. The summed E-state index contributed by atoms with van der Waals surface area (Å²) in [4.78, 5) is 8.98. The van der Waals surface area contributed by atoms with Gasteiger partial charge in [0.25, 0.3) is 0 Å². The molecule has 2 unspecified atom stereocenters. The lowest BCUT2D eigenvalue weighted by atomic mass is 9.89. The lowest BCUT2D eigenvalue weighted by molar-refractivity contribution is -0.0250. The van der Waals surface area contributed by atoms with Crippen molar-refractivity contribution < 1.29 is 4.74 Å². The molecule has 5 nitrogen and oxygen atoms in total. The van der Waals surface area contributed by atoms with Gasteiger partial charge in [-0.05, 0) is 50.3 Å². The smallest absolute Gasteiger partial charge is 0.191 e. The van der Waals surface area contributed by atoms with E-state index in [0.717, 1.165) is 57.0 Å². The van der Waals surface area contributed by atoms with E-state index in [4.69, 9.17) is 21.3 Å². The summed E-state index contributed by atoms with van der Waals surface area (Å²) in [5.41, 5.74) is 3.68. The molecule has 2 aromatic rings. The molecule has 0 saturated carbocycles. The summed E-state index contributed by atoms with van der Waals surface area (Å²) in [6.07, 6.45) is 5.04. The number of nitrogens with zero attached hydrogens (tertiary/aromatic N) is 2. The number of hydrogen-bond acceptors (Lipinski definition) is 3. The standard InChI is InChI=1S/C23H31ClN4O.HI/c1-3-25-23(26-13-12-18-8-11-21(24)27-15-18)28-16-20-5-4-14-29-22(20)19-9-6-17(2)7-10-19;/h6-11,15,20,22H,3-5,12-14,16H2,1-2H3,(H2,25,26,28);1H. The molecule has 1 saturated heterocycles. The van der Waals surface area contributed by atoms with E-state index in [2.05, 4.69) is 53.7 Å². The summed E-state index contributed by atoms with van der Waals surface area (Å²) in [5, 5.41) is 7.29. The molecule has 2 heterocycles. The highest BCUT2D eigenvalue weighted by Crippen LogP contribution is 2.33. The minimum atomic E-state index is 0. The van der Waals surface area contributed by atoms with Crippen LogP contribution in [0.2, 0.25) is 5.15 Å². The van der Waals surface area contributed by atoms with E-state index in [9.17, 15) is 0 Å². The number of ether oxygens (including phenoxy) is 1. The topological polar surface area (TPSA) is 58.5 Å². The Hall–Kier alpha value is -1.38. The summed E-state index contributed by atoms with van der Waals surface area (Å²) in [6, 6.07) is 12.5. The molecule has 1 fully saturated rings. The molecule has 2 atom stereocenters. The first-order chi connectivity index (χ1) is 14.2. The van der Waals surface area contributed by atoms with Gasteiger partial charge in [0.1, 0.15) is 5.15 Å². The molecule has 1 aromatic carbocycles. The Balaban J connectivity index is 0.00000320. The summed E-state index contributed by atoms with van der Waals surface area (Å²) in [7, 11) is 0. The van der Waals surface area contributed by atoms with Crippen molar-refractivity contribution in [1.82, 2.24) is 15.6 Å². The third-order valence-corrected chi connectivity index (χ3v) is 5.40. The summed E-state index contributed by atoms with van der Waals surface area (Å²) < 4.78 is 6.13. The van der Waals surface area contributed by atoms with Crippen LogP contribution in [0, 0.1) is 12.8 Å². The van der Waals surface area contributed by atoms with Gasteiger partial charge < -0.3 is 15.4 Å². The molecule has 1 aliphatic heterocycles. The summed E-state index contributed by atoms with van der Waals surface area (Å²) >= 11 is 5.85. The van der Waals surface area contributed by atoms with Crippen molar-refractivity contribution in [3.05, 3.63) is 64.4 Å². The monoisotopic (exact) mass is 542 g/mol. The van der Waals surface area contributed by atoms with Crippen molar-refractivity contribution in [3.63, 3.8) is 0 Å². The molecular formula is C23H32ClIN4O. The quantitative estimate of drug-likeness (QED) is 0.226. The van der Waals surface area contributed by atoms with Crippen molar-refractivity contribution in [1.29, 1.82) is 0 Å². The zero-order valence-electron chi connectivity index (χ0n) is 17.7. The van der Waals surface area contributed by atoms with Crippen molar-refractivity contribution in [2.75, 3.05) is 26.2 Å². The van der Waals surface area contributed by atoms with Gasteiger partial charge >= 0.3 is 0 Å². The largest absolute Gasteiger partial charge is 0.373 e. The number of nitrogens with one attached hydrogen (secondary N) is 2. The number of aryl methyl sites for hydroxylation is 1. The van der Waals surface area contributed by atoms with E-state index in [1.165, 1.54) is 11.1 Å². The summed E-state index contributed by atoms with van der Waals surface area (Å²) in [6.45, 7) is 7.39. The Morgan fingerprint density at radius 2 is 2.00 bits per heavy atom. The number of hydrogen-bond donors (Lipinski definition) is 2. The average Bonchev–Trinajstić information content (AvgIpc) is 2.74.